The molecule has 1 aliphatic carbocycles. The van der Waals surface area contributed by atoms with Crippen molar-refractivity contribution in [1.29, 1.82) is 0 Å². The molecule has 0 unspecified atom stereocenters. The minimum absolute atomic E-state index is 0.0103. The molecule has 30 heavy (non-hydrogen) atoms. The van der Waals surface area contributed by atoms with Crippen LogP contribution in [-0.4, -0.2) is 74.3 Å². The lowest BCUT2D eigenvalue weighted by Crippen LogP contribution is -2.53. The van der Waals surface area contributed by atoms with Gasteiger partial charge in [0, 0.05) is 32.2 Å². The van der Waals surface area contributed by atoms with E-state index >= 15 is 0 Å². The van der Waals surface area contributed by atoms with Gasteiger partial charge in [-0.15, -0.1) is 0 Å². The number of hydrogen-bond donors (Lipinski definition) is 1. The zero-order chi connectivity index (χ0) is 22.1. The first-order valence-corrected chi connectivity index (χ1v) is 10.3. The molecule has 0 atom stereocenters. The van der Waals surface area contributed by atoms with Crippen LogP contribution in [0.5, 0.6) is 0 Å². The highest BCUT2D eigenvalue weighted by Gasteiger charge is 2.33. The van der Waals surface area contributed by atoms with Gasteiger partial charge in [-0.2, -0.15) is 5.10 Å². The number of carbonyl (C=O) groups is 2. The van der Waals surface area contributed by atoms with Crippen LogP contribution in [0.4, 0.5) is 10.5 Å². The molecule has 2 amide bonds. The lowest BCUT2D eigenvalue weighted by Gasteiger charge is -2.42. The van der Waals surface area contributed by atoms with Crippen molar-refractivity contribution in [2.75, 3.05) is 26.2 Å². The standard InChI is InChI=1S/C19H30N6O5/c1-19(2,3)30-18(27)23-10-8-22(9-11-23)13-4-6-14(7-5-13)24-12-15(25(28)29)16(21-24)17(20)26/h12-14H,4-11H2,1-3H3,(H2,20,26). The lowest BCUT2D eigenvalue weighted by molar-refractivity contribution is -0.385. The molecule has 0 radical (unpaired) electrons. The van der Waals surface area contributed by atoms with Gasteiger partial charge in [-0.3, -0.25) is 24.5 Å². The summed E-state index contributed by atoms with van der Waals surface area (Å²) < 4.78 is 6.97. The first-order valence-electron chi connectivity index (χ1n) is 10.3. The smallest absolute Gasteiger partial charge is 0.410 e. The highest BCUT2D eigenvalue weighted by Crippen LogP contribution is 2.32. The fourth-order valence-corrected chi connectivity index (χ4v) is 4.16. The van der Waals surface area contributed by atoms with E-state index in [0.717, 1.165) is 38.8 Å². The van der Waals surface area contributed by atoms with Crippen LogP contribution in [0.15, 0.2) is 6.20 Å². The number of carbonyl (C=O) groups excluding carboxylic acids is 2. The van der Waals surface area contributed by atoms with E-state index in [1.807, 2.05) is 20.8 Å². The zero-order valence-corrected chi connectivity index (χ0v) is 17.7. The summed E-state index contributed by atoms with van der Waals surface area (Å²) in [6.07, 6.45) is 4.52. The number of piperazine rings is 1. The Morgan fingerprint density at radius 2 is 1.70 bits per heavy atom. The number of hydrogen-bond acceptors (Lipinski definition) is 7. The van der Waals surface area contributed by atoms with Gasteiger partial charge in [0.2, 0.25) is 5.69 Å². The van der Waals surface area contributed by atoms with Crippen molar-refractivity contribution in [3.05, 3.63) is 22.0 Å². The molecule has 0 bridgehead atoms. The number of nitrogens with two attached hydrogens (primary N) is 1. The van der Waals surface area contributed by atoms with E-state index in [1.54, 1.807) is 4.90 Å². The average molecular weight is 422 g/mol. The summed E-state index contributed by atoms with van der Waals surface area (Å²) in [4.78, 5) is 38.3. The number of aromatic nitrogens is 2. The number of nitrogens with zero attached hydrogens (tertiary/aromatic N) is 5. The van der Waals surface area contributed by atoms with Crippen molar-refractivity contribution < 1.29 is 19.2 Å². The van der Waals surface area contributed by atoms with Gasteiger partial charge < -0.3 is 15.4 Å². The molecule has 2 heterocycles. The topological polar surface area (TPSA) is 137 Å². The first kappa shape index (κ1) is 22.0. The minimum Gasteiger partial charge on any atom is -0.444 e. The van der Waals surface area contributed by atoms with Crippen LogP contribution in [-0.2, 0) is 4.74 Å². The lowest BCUT2D eigenvalue weighted by atomic mass is 9.90. The maximum Gasteiger partial charge on any atom is 0.410 e. The van der Waals surface area contributed by atoms with E-state index in [-0.39, 0.29) is 23.5 Å². The molecular weight excluding hydrogens is 392 g/mol. The molecular formula is C19H30N6O5. The van der Waals surface area contributed by atoms with Gasteiger partial charge in [-0.1, -0.05) is 0 Å². The second kappa shape index (κ2) is 8.58. The van der Waals surface area contributed by atoms with Gasteiger partial charge in [0.05, 0.1) is 11.0 Å². The van der Waals surface area contributed by atoms with Crippen LogP contribution in [0.25, 0.3) is 0 Å². The third-order valence-corrected chi connectivity index (χ3v) is 5.67. The van der Waals surface area contributed by atoms with Gasteiger partial charge >= 0.3 is 11.8 Å². The monoisotopic (exact) mass is 422 g/mol. The molecule has 1 saturated heterocycles. The Labute approximate surface area is 175 Å². The van der Waals surface area contributed by atoms with E-state index in [4.69, 9.17) is 10.5 Å². The Kier molecular flexibility index (Phi) is 6.30. The normalized spacial score (nSPS) is 23.2. The van der Waals surface area contributed by atoms with E-state index in [9.17, 15) is 19.7 Å². The third kappa shape index (κ3) is 5.07. The van der Waals surface area contributed by atoms with Crippen molar-refractivity contribution >= 4 is 17.7 Å². The van der Waals surface area contributed by atoms with Gasteiger partial charge in [-0.25, -0.2) is 4.79 Å². The number of amides is 2. The Bertz CT molecular complexity index is 769. The summed E-state index contributed by atoms with van der Waals surface area (Å²) >= 11 is 0. The van der Waals surface area contributed by atoms with Gasteiger partial charge in [0.25, 0.3) is 5.91 Å². The van der Waals surface area contributed by atoms with Crippen molar-refractivity contribution in [2.45, 2.75) is 64.1 Å². The first-order chi connectivity index (χ1) is 14.0. The molecule has 0 aromatic carbocycles. The fraction of sp³-hybridized carbons (Fsp3) is 0.737. The van der Waals surface area contributed by atoms with E-state index in [0.29, 0.717) is 19.1 Å². The average Bonchev–Trinajstić information content (AvgIpc) is 3.13. The summed E-state index contributed by atoms with van der Waals surface area (Å²) in [5.74, 6) is -0.892. The van der Waals surface area contributed by atoms with E-state index < -0.39 is 16.4 Å². The van der Waals surface area contributed by atoms with Crippen LogP contribution in [0.3, 0.4) is 0 Å². The maximum atomic E-state index is 12.2. The van der Waals surface area contributed by atoms with Gasteiger partial charge in [-0.05, 0) is 46.5 Å². The van der Waals surface area contributed by atoms with E-state index in [2.05, 4.69) is 10.00 Å². The summed E-state index contributed by atoms with van der Waals surface area (Å²) in [5, 5.41) is 15.2. The van der Waals surface area contributed by atoms with Crippen LogP contribution in [0.1, 0.15) is 63.0 Å². The van der Waals surface area contributed by atoms with Crippen LogP contribution >= 0.6 is 0 Å². The number of primary amides is 1. The van der Waals surface area contributed by atoms with Crippen molar-refractivity contribution in [3.8, 4) is 0 Å². The molecule has 2 fully saturated rings. The molecule has 1 aromatic heterocycles. The number of ether oxygens (including phenoxy) is 1. The SMILES string of the molecule is CC(C)(C)OC(=O)N1CCN(C2CCC(n3cc([N+](=O)[O-])c(C(N)=O)n3)CC2)CC1. The van der Waals surface area contributed by atoms with Crippen LogP contribution < -0.4 is 5.73 Å². The largest absolute Gasteiger partial charge is 0.444 e. The third-order valence-electron chi connectivity index (χ3n) is 5.67. The summed E-state index contributed by atoms with van der Waals surface area (Å²) in [7, 11) is 0. The summed E-state index contributed by atoms with van der Waals surface area (Å²) in [5.41, 5.74) is 4.08. The number of rotatable bonds is 4. The predicted molar refractivity (Wildman–Crippen MR) is 108 cm³/mol. The zero-order valence-electron chi connectivity index (χ0n) is 17.7. The molecule has 3 rings (SSSR count). The van der Waals surface area contributed by atoms with Crippen LogP contribution in [0, 0.1) is 10.1 Å². The Morgan fingerprint density at radius 3 is 2.17 bits per heavy atom. The second-order valence-electron chi connectivity index (χ2n) is 8.93. The Hall–Kier alpha value is -2.69. The quantitative estimate of drug-likeness (QED) is 0.578. The molecule has 2 aliphatic rings. The molecule has 1 aromatic rings. The fourth-order valence-electron chi connectivity index (χ4n) is 4.16. The highest BCUT2D eigenvalue weighted by molar-refractivity contribution is 5.94. The predicted octanol–water partition coefficient (Wildman–Crippen LogP) is 1.93. The van der Waals surface area contributed by atoms with E-state index in [1.165, 1.54) is 10.9 Å². The summed E-state index contributed by atoms with van der Waals surface area (Å²) in [6.45, 7) is 8.46. The molecule has 11 heteroatoms. The molecule has 0 spiro atoms. The van der Waals surface area contributed by atoms with Crippen LogP contribution in [0.2, 0.25) is 0 Å². The Morgan fingerprint density at radius 1 is 1.13 bits per heavy atom. The highest BCUT2D eigenvalue weighted by atomic mass is 16.6. The minimum atomic E-state index is -0.892. The van der Waals surface area contributed by atoms with Crippen molar-refractivity contribution in [3.63, 3.8) is 0 Å². The Balaban J connectivity index is 1.52. The van der Waals surface area contributed by atoms with Gasteiger partial charge in [0.15, 0.2) is 0 Å². The number of nitro groups is 1. The molecule has 11 nitrogen and oxygen atoms in total. The molecule has 1 aliphatic heterocycles. The van der Waals surface area contributed by atoms with Crippen molar-refractivity contribution in [2.24, 2.45) is 5.73 Å². The summed E-state index contributed by atoms with van der Waals surface area (Å²) in [6, 6.07) is 0.416. The van der Waals surface area contributed by atoms with Crippen molar-refractivity contribution in [1.82, 2.24) is 19.6 Å². The van der Waals surface area contributed by atoms with Gasteiger partial charge in [0.1, 0.15) is 11.8 Å². The molecule has 2 N–H and O–H groups in total. The molecule has 1 saturated carbocycles. The maximum absolute atomic E-state index is 12.2. The molecule has 166 valence electrons. The second-order valence-corrected chi connectivity index (χ2v) is 8.93.